The standard InChI is InChI=1S/C14H17BrN2O/c1-17-6-4-14(18,5-7-17)12-9-16-13-3-2-10(15)8-11(12)13/h2-3,8-9,16,18H,4-7H2,1H3. The molecule has 0 saturated carbocycles. The molecule has 4 heteroatoms. The molecule has 0 aliphatic carbocycles. The average Bonchev–Trinajstić information content (AvgIpc) is 2.77. The van der Waals surface area contributed by atoms with E-state index in [0.29, 0.717) is 0 Å². The summed E-state index contributed by atoms with van der Waals surface area (Å²) in [6, 6.07) is 6.14. The van der Waals surface area contributed by atoms with Crippen LogP contribution >= 0.6 is 15.9 Å². The minimum absolute atomic E-state index is 0.689. The summed E-state index contributed by atoms with van der Waals surface area (Å²) in [6.45, 7) is 1.88. The van der Waals surface area contributed by atoms with Gasteiger partial charge in [-0.05, 0) is 38.1 Å². The highest BCUT2D eigenvalue weighted by Gasteiger charge is 2.34. The molecule has 0 radical (unpaired) electrons. The quantitative estimate of drug-likeness (QED) is 0.850. The molecule has 1 fully saturated rings. The molecule has 2 aromatic rings. The monoisotopic (exact) mass is 308 g/mol. The van der Waals surface area contributed by atoms with Gasteiger partial charge in [0, 0.05) is 40.2 Å². The molecule has 2 heterocycles. The lowest BCUT2D eigenvalue weighted by Crippen LogP contribution is -2.40. The zero-order chi connectivity index (χ0) is 12.8. The summed E-state index contributed by atoms with van der Waals surface area (Å²) < 4.78 is 1.05. The molecular weight excluding hydrogens is 292 g/mol. The van der Waals surface area contributed by atoms with Crippen LogP contribution in [0.5, 0.6) is 0 Å². The second-order valence-electron chi connectivity index (χ2n) is 5.23. The molecule has 1 aromatic heterocycles. The van der Waals surface area contributed by atoms with Gasteiger partial charge in [-0.15, -0.1) is 0 Å². The Morgan fingerprint density at radius 2 is 2.06 bits per heavy atom. The van der Waals surface area contributed by atoms with Crippen molar-refractivity contribution >= 4 is 26.8 Å². The fraction of sp³-hybridized carbons (Fsp3) is 0.429. The van der Waals surface area contributed by atoms with E-state index < -0.39 is 5.60 Å². The van der Waals surface area contributed by atoms with Crippen LogP contribution in [0.25, 0.3) is 10.9 Å². The summed E-state index contributed by atoms with van der Waals surface area (Å²) in [5.74, 6) is 0. The molecule has 0 spiro atoms. The third-order valence-electron chi connectivity index (χ3n) is 3.96. The van der Waals surface area contributed by atoms with Crippen LogP contribution in [0.15, 0.2) is 28.9 Å². The van der Waals surface area contributed by atoms with E-state index in [1.165, 1.54) is 0 Å². The van der Waals surface area contributed by atoms with Gasteiger partial charge in [-0.1, -0.05) is 15.9 Å². The lowest BCUT2D eigenvalue weighted by molar-refractivity contribution is -0.0190. The Balaban J connectivity index is 2.06. The molecular formula is C14H17BrN2O. The first-order valence-electron chi connectivity index (χ1n) is 6.26. The highest BCUT2D eigenvalue weighted by atomic mass is 79.9. The number of aliphatic hydroxyl groups is 1. The van der Waals surface area contributed by atoms with Gasteiger partial charge >= 0.3 is 0 Å². The van der Waals surface area contributed by atoms with Gasteiger partial charge in [0.05, 0.1) is 5.60 Å². The Hall–Kier alpha value is -0.840. The molecule has 0 atom stereocenters. The van der Waals surface area contributed by atoms with Gasteiger partial charge in [0.15, 0.2) is 0 Å². The fourth-order valence-corrected chi connectivity index (χ4v) is 3.10. The lowest BCUT2D eigenvalue weighted by atomic mass is 9.84. The van der Waals surface area contributed by atoms with E-state index in [9.17, 15) is 5.11 Å². The number of nitrogens with zero attached hydrogens (tertiary/aromatic N) is 1. The summed E-state index contributed by atoms with van der Waals surface area (Å²) in [5, 5.41) is 12.0. The Labute approximate surface area is 115 Å². The predicted octanol–water partition coefficient (Wildman–Crippen LogP) is 2.84. The highest BCUT2D eigenvalue weighted by Crippen LogP contribution is 2.37. The summed E-state index contributed by atoms with van der Waals surface area (Å²) in [6.07, 6.45) is 3.55. The number of benzene rings is 1. The summed E-state index contributed by atoms with van der Waals surface area (Å²) in [4.78, 5) is 5.52. The van der Waals surface area contributed by atoms with E-state index in [4.69, 9.17) is 0 Å². The molecule has 3 nitrogen and oxygen atoms in total. The zero-order valence-electron chi connectivity index (χ0n) is 10.4. The van der Waals surface area contributed by atoms with Crippen LogP contribution in [-0.4, -0.2) is 35.1 Å². The van der Waals surface area contributed by atoms with Gasteiger partial charge in [0.1, 0.15) is 0 Å². The number of likely N-dealkylation sites (tertiary alicyclic amines) is 1. The Bertz CT molecular complexity index is 570. The van der Waals surface area contributed by atoms with E-state index in [0.717, 1.165) is 46.9 Å². The Morgan fingerprint density at radius 1 is 1.33 bits per heavy atom. The van der Waals surface area contributed by atoms with Crippen LogP contribution in [0, 0.1) is 0 Å². The molecule has 3 rings (SSSR count). The normalized spacial score (nSPS) is 20.4. The van der Waals surface area contributed by atoms with Crippen molar-refractivity contribution in [2.24, 2.45) is 0 Å². The number of hydrogen-bond acceptors (Lipinski definition) is 2. The number of nitrogens with one attached hydrogen (secondary N) is 1. The molecule has 1 aliphatic heterocycles. The van der Waals surface area contributed by atoms with E-state index in [1.807, 2.05) is 18.3 Å². The number of piperidine rings is 1. The molecule has 0 unspecified atom stereocenters. The van der Waals surface area contributed by atoms with E-state index in [1.54, 1.807) is 0 Å². The van der Waals surface area contributed by atoms with E-state index in [2.05, 4.69) is 38.9 Å². The van der Waals surface area contributed by atoms with Gasteiger partial charge < -0.3 is 15.0 Å². The number of fused-ring (bicyclic) bond motifs is 1. The van der Waals surface area contributed by atoms with E-state index in [-0.39, 0.29) is 0 Å². The minimum atomic E-state index is -0.689. The van der Waals surface area contributed by atoms with Gasteiger partial charge in [-0.3, -0.25) is 0 Å². The fourth-order valence-electron chi connectivity index (χ4n) is 2.74. The topological polar surface area (TPSA) is 39.3 Å². The molecule has 1 aliphatic rings. The van der Waals surface area contributed by atoms with Gasteiger partial charge in [-0.2, -0.15) is 0 Å². The van der Waals surface area contributed by atoms with Crippen molar-refractivity contribution in [2.75, 3.05) is 20.1 Å². The summed E-state index contributed by atoms with van der Waals surface area (Å²) >= 11 is 3.50. The third-order valence-corrected chi connectivity index (χ3v) is 4.45. The average molecular weight is 309 g/mol. The lowest BCUT2D eigenvalue weighted by Gasteiger charge is -2.36. The van der Waals surface area contributed by atoms with Crippen molar-refractivity contribution in [1.29, 1.82) is 0 Å². The van der Waals surface area contributed by atoms with Crippen LogP contribution < -0.4 is 0 Å². The Morgan fingerprint density at radius 3 is 2.78 bits per heavy atom. The molecule has 2 N–H and O–H groups in total. The molecule has 96 valence electrons. The smallest absolute Gasteiger partial charge is 0.0941 e. The molecule has 0 bridgehead atoms. The molecule has 18 heavy (non-hydrogen) atoms. The van der Waals surface area contributed by atoms with Crippen molar-refractivity contribution in [3.05, 3.63) is 34.4 Å². The van der Waals surface area contributed by atoms with Crippen molar-refractivity contribution in [3.8, 4) is 0 Å². The molecule has 1 saturated heterocycles. The summed E-state index contributed by atoms with van der Waals surface area (Å²) in [5.41, 5.74) is 1.43. The first kappa shape index (κ1) is 12.2. The largest absolute Gasteiger partial charge is 0.385 e. The van der Waals surface area contributed by atoms with Crippen molar-refractivity contribution < 1.29 is 5.11 Å². The van der Waals surface area contributed by atoms with Crippen LogP contribution in [0.4, 0.5) is 0 Å². The van der Waals surface area contributed by atoms with Crippen molar-refractivity contribution in [3.63, 3.8) is 0 Å². The van der Waals surface area contributed by atoms with Crippen molar-refractivity contribution in [1.82, 2.24) is 9.88 Å². The van der Waals surface area contributed by atoms with Gasteiger partial charge in [0.2, 0.25) is 0 Å². The van der Waals surface area contributed by atoms with Crippen LogP contribution in [0.3, 0.4) is 0 Å². The number of H-pyrrole nitrogens is 1. The maximum atomic E-state index is 10.9. The molecule has 0 amide bonds. The number of halogens is 1. The van der Waals surface area contributed by atoms with Crippen LogP contribution in [0.2, 0.25) is 0 Å². The zero-order valence-corrected chi connectivity index (χ0v) is 12.0. The molecule has 1 aromatic carbocycles. The predicted molar refractivity (Wildman–Crippen MR) is 76.6 cm³/mol. The van der Waals surface area contributed by atoms with E-state index >= 15 is 0 Å². The minimum Gasteiger partial charge on any atom is -0.385 e. The maximum Gasteiger partial charge on any atom is 0.0941 e. The van der Waals surface area contributed by atoms with Crippen LogP contribution in [-0.2, 0) is 5.60 Å². The number of rotatable bonds is 1. The highest BCUT2D eigenvalue weighted by molar-refractivity contribution is 9.10. The second kappa shape index (κ2) is 4.37. The maximum absolute atomic E-state index is 10.9. The Kier molecular flexibility index (Phi) is 2.96. The van der Waals surface area contributed by atoms with Gasteiger partial charge in [0.25, 0.3) is 0 Å². The first-order valence-corrected chi connectivity index (χ1v) is 7.06. The van der Waals surface area contributed by atoms with Gasteiger partial charge in [-0.25, -0.2) is 0 Å². The van der Waals surface area contributed by atoms with Crippen LogP contribution in [0.1, 0.15) is 18.4 Å². The second-order valence-corrected chi connectivity index (χ2v) is 6.14. The number of aromatic nitrogens is 1. The number of hydrogen-bond donors (Lipinski definition) is 2. The third kappa shape index (κ3) is 1.98. The first-order chi connectivity index (χ1) is 8.58. The van der Waals surface area contributed by atoms with Crippen molar-refractivity contribution in [2.45, 2.75) is 18.4 Å². The summed E-state index contributed by atoms with van der Waals surface area (Å²) in [7, 11) is 2.10. The SMILES string of the molecule is CN1CCC(O)(c2c[nH]c3ccc(Br)cc23)CC1. The number of aromatic amines is 1.